The van der Waals surface area contributed by atoms with Gasteiger partial charge in [-0.25, -0.2) is 0 Å². The van der Waals surface area contributed by atoms with Gasteiger partial charge in [0.1, 0.15) is 11.9 Å². The SMILES string of the molecule is CC(O)C(C)C(O)c1ccco1. The maximum Gasteiger partial charge on any atom is 0.132 e. The maximum absolute atomic E-state index is 9.59. The Morgan fingerprint density at radius 1 is 1.33 bits per heavy atom. The zero-order chi connectivity index (χ0) is 9.14. The normalized spacial score (nSPS) is 18.7. The van der Waals surface area contributed by atoms with E-state index in [0.717, 1.165) is 0 Å². The highest BCUT2D eigenvalue weighted by Crippen LogP contribution is 2.24. The number of hydrogen-bond acceptors (Lipinski definition) is 3. The van der Waals surface area contributed by atoms with Crippen LogP contribution in [0.2, 0.25) is 0 Å². The van der Waals surface area contributed by atoms with E-state index in [9.17, 15) is 10.2 Å². The van der Waals surface area contributed by atoms with E-state index < -0.39 is 12.2 Å². The molecule has 3 atom stereocenters. The summed E-state index contributed by atoms with van der Waals surface area (Å²) in [5.41, 5.74) is 0. The van der Waals surface area contributed by atoms with Crippen LogP contribution in [0.15, 0.2) is 22.8 Å². The fraction of sp³-hybridized carbons (Fsp3) is 0.556. The molecule has 0 saturated carbocycles. The highest BCUT2D eigenvalue weighted by atomic mass is 16.4. The molecule has 0 spiro atoms. The minimum absolute atomic E-state index is 0.212. The first kappa shape index (κ1) is 9.29. The molecular formula is C9H14O3. The van der Waals surface area contributed by atoms with Crippen molar-refractivity contribution >= 4 is 0 Å². The van der Waals surface area contributed by atoms with Crippen molar-refractivity contribution in [1.29, 1.82) is 0 Å². The summed E-state index contributed by atoms with van der Waals surface area (Å²) in [6.07, 6.45) is 0.248. The van der Waals surface area contributed by atoms with Gasteiger partial charge in [-0.05, 0) is 19.1 Å². The van der Waals surface area contributed by atoms with E-state index in [1.54, 1.807) is 26.0 Å². The van der Waals surface area contributed by atoms with Crippen molar-refractivity contribution in [1.82, 2.24) is 0 Å². The molecule has 3 unspecified atom stereocenters. The standard InChI is InChI=1S/C9H14O3/c1-6(7(2)10)9(11)8-4-3-5-12-8/h3-7,9-11H,1-2H3. The Morgan fingerprint density at radius 2 is 2.00 bits per heavy atom. The van der Waals surface area contributed by atoms with Crippen LogP contribution in [-0.2, 0) is 0 Å². The first-order valence-electron chi connectivity index (χ1n) is 4.02. The van der Waals surface area contributed by atoms with Crippen LogP contribution in [0.1, 0.15) is 25.7 Å². The van der Waals surface area contributed by atoms with Crippen LogP contribution in [0.3, 0.4) is 0 Å². The number of aliphatic hydroxyl groups is 2. The minimum Gasteiger partial charge on any atom is -0.467 e. The zero-order valence-electron chi connectivity index (χ0n) is 7.27. The van der Waals surface area contributed by atoms with Crippen molar-refractivity contribution in [2.75, 3.05) is 0 Å². The van der Waals surface area contributed by atoms with Crippen molar-refractivity contribution in [3.8, 4) is 0 Å². The van der Waals surface area contributed by atoms with Crippen LogP contribution in [0.25, 0.3) is 0 Å². The first-order chi connectivity index (χ1) is 5.63. The molecule has 0 fully saturated rings. The molecule has 0 aromatic carbocycles. The van der Waals surface area contributed by atoms with Crippen LogP contribution in [-0.4, -0.2) is 16.3 Å². The number of hydrogen-bond donors (Lipinski definition) is 2. The molecule has 1 heterocycles. The minimum atomic E-state index is -0.722. The first-order valence-corrected chi connectivity index (χ1v) is 4.02. The van der Waals surface area contributed by atoms with Gasteiger partial charge < -0.3 is 14.6 Å². The van der Waals surface area contributed by atoms with Gasteiger partial charge in [-0.15, -0.1) is 0 Å². The second kappa shape index (κ2) is 3.74. The molecule has 2 N–H and O–H groups in total. The molecule has 3 heteroatoms. The molecule has 1 rings (SSSR count). The summed E-state index contributed by atoms with van der Waals surface area (Å²) in [6.45, 7) is 3.43. The molecule has 0 aliphatic carbocycles. The van der Waals surface area contributed by atoms with E-state index in [0.29, 0.717) is 5.76 Å². The lowest BCUT2D eigenvalue weighted by Gasteiger charge is -2.19. The summed E-state index contributed by atoms with van der Waals surface area (Å²) in [5, 5.41) is 18.8. The summed E-state index contributed by atoms with van der Waals surface area (Å²) in [4.78, 5) is 0. The van der Waals surface area contributed by atoms with E-state index in [-0.39, 0.29) is 5.92 Å². The number of aliphatic hydroxyl groups excluding tert-OH is 2. The molecule has 0 radical (unpaired) electrons. The highest BCUT2D eigenvalue weighted by Gasteiger charge is 2.22. The van der Waals surface area contributed by atoms with Gasteiger partial charge in [0.15, 0.2) is 0 Å². The van der Waals surface area contributed by atoms with Gasteiger partial charge in [0.25, 0.3) is 0 Å². The third-order valence-electron chi connectivity index (χ3n) is 2.09. The molecule has 1 aromatic heterocycles. The van der Waals surface area contributed by atoms with E-state index in [2.05, 4.69) is 0 Å². The van der Waals surface area contributed by atoms with Crippen molar-refractivity contribution in [3.63, 3.8) is 0 Å². The van der Waals surface area contributed by atoms with E-state index in [1.807, 2.05) is 0 Å². The lowest BCUT2D eigenvalue weighted by Crippen LogP contribution is -2.20. The summed E-state index contributed by atoms with van der Waals surface area (Å²) in [5.74, 6) is 0.291. The van der Waals surface area contributed by atoms with Gasteiger partial charge in [0.2, 0.25) is 0 Å². The number of rotatable bonds is 3. The molecule has 0 aliphatic heterocycles. The Hall–Kier alpha value is -0.800. The summed E-state index contributed by atoms with van der Waals surface area (Å²) in [6, 6.07) is 3.41. The Morgan fingerprint density at radius 3 is 2.42 bits per heavy atom. The fourth-order valence-electron chi connectivity index (χ4n) is 0.982. The summed E-state index contributed by atoms with van der Waals surface area (Å²) >= 11 is 0. The molecule has 3 nitrogen and oxygen atoms in total. The Bertz CT molecular complexity index is 216. The van der Waals surface area contributed by atoms with Gasteiger partial charge in [-0.2, -0.15) is 0 Å². The van der Waals surface area contributed by atoms with Crippen LogP contribution < -0.4 is 0 Å². The van der Waals surface area contributed by atoms with Crippen LogP contribution in [0.5, 0.6) is 0 Å². The predicted octanol–water partition coefficient (Wildman–Crippen LogP) is 1.33. The predicted molar refractivity (Wildman–Crippen MR) is 44.5 cm³/mol. The molecular weight excluding hydrogens is 156 g/mol. The van der Waals surface area contributed by atoms with Gasteiger partial charge >= 0.3 is 0 Å². The van der Waals surface area contributed by atoms with Crippen LogP contribution in [0, 0.1) is 5.92 Å². The van der Waals surface area contributed by atoms with Crippen LogP contribution >= 0.6 is 0 Å². The molecule has 0 saturated heterocycles. The van der Waals surface area contributed by atoms with Crippen molar-refractivity contribution in [3.05, 3.63) is 24.2 Å². The van der Waals surface area contributed by atoms with E-state index in [4.69, 9.17) is 4.42 Å². The third kappa shape index (κ3) is 1.87. The van der Waals surface area contributed by atoms with E-state index in [1.165, 1.54) is 6.26 Å². The maximum atomic E-state index is 9.59. The molecule has 1 aromatic rings. The lowest BCUT2D eigenvalue weighted by atomic mass is 9.98. The lowest BCUT2D eigenvalue weighted by molar-refractivity contribution is 0.0187. The molecule has 12 heavy (non-hydrogen) atoms. The monoisotopic (exact) mass is 170 g/mol. The largest absolute Gasteiger partial charge is 0.467 e. The van der Waals surface area contributed by atoms with Crippen LogP contribution in [0.4, 0.5) is 0 Å². The molecule has 0 aliphatic rings. The van der Waals surface area contributed by atoms with Gasteiger partial charge in [-0.1, -0.05) is 6.92 Å². The smallest absolute Gasteiger partial charge is 0.132 e. The average Bonchev–Trinajstić information content (AvgIpc) is 2.53. The Labute approximate surface area is 71.6 Å². The molecule has 0 bridgehead atoms. The van der Waals surface area contributed by atoms with Crippen molar-refractivity contribution < 1.29 is 14.6 Å². The number of furan rings is 1. The Balaban J connectivity index is 2.65. The van der Waals surface area contributed by atoms with E-state index >= 15 is 0 Å². The molecule has 68 valence electrons. The van der Waals surface area contributed by atoms with Crippen molar-refractivity contribution in [2.45, 2.75) is 26.1 Å². The van der Waals surface area contributed by atoms with Crippen molar-refractivity contribution in [2.24, 2.45) is 5.92 Å². The summed E-state index contributed by atoms with van der Waals surface area (Å²) in [7, 11) is 0. The molecule has 0 amide bonds. The second-order valence-electron chi connectivity index (χ2n) is 3.06. The second-order valence-corrected chi connectivity index (χ2v) is 3.06. The quantitative estimate of drug-likeness (QED) is 0.719. The van der Waals surface area contributed by atoms with Gasteiger partial charge in [-0.3, -0.25) is 0 Å². The third-order valence-corrected chi connectivity index (χ3v) is 2.09. The van der Waals surface area contributed by atoms with Gasteiger partial charge in [0, 0.05) is 5.92 Å². The average molecular weight is 170 g/mol. The fourth-order valence-corrected chi connectivity index (χ4v) is 0.982. The summed E-state index contributed by atoms with van der Waals surface area (Å²) < 4.78 is 5.01. The zero-order valence-corrected chi connectivity index (χ0v) is 7.27. The Kier molecular flexibility index (Phi) is 2.89. The van der Waals surface area contributed by atoms with Gasteiger partial charge in [0.05, 0.1) is 12.4 Å². The highest BCUT2D eigenvalue weighted by molar-refractivity contribution is 5.03. The topological polar surface area (TPSA) is 53.6 Å².